The topological polar surface area (TPSA) is 62.2 Å². The van der Waals surface area contributed by atoms with Crippen LogP contribution in [0.3, 0.4) is 0 Å². The molecule has 0 atom stereocenters. The van der Waals surface area contributed by atoms with E-state index in [1.54, 1.807) is 0 Å². The molecule has 0 saturated carbocycles. The Hall–Kier alpha value is -2.02. The molecule has 0 fully saturated rings. The van der Waals surface area contributed by atoms with Crippen LogP contribution in [0, 0.1) is 12.3 Å². The second-order valence-electron chi connectivity index (χ2n) is 2.64. The minimum atomic E-state index is -0.288. The molecule has 1 aromatic rings. The van der Waals surface area contributed by atoms with Crippen molar-refractivity contribution in [3.63, 3.8) is 0 Å². The zero-order chi connectivity index (χ0) is 10.4. The SMILES string of the molecule is C#CCCNC(=O)c1cncc(O)c1. The van der Waals surface area contributed by atoms with Gasteiger partial charge in [0.15, 0.2) is 0 Å². The largest absolute Gasteiger partial charge is 0.506 e. The van der Waals surface area contributed by atoms with E-state index in [1.807, 2.05) is 0 Å². The molecule has 1 heterocycles. The zero-order valence-corrected chi connectivity index (χ0v) is 7.53. The first-order valence-electron chi connectivity index (χ1n) is 4.09. The molecule has 0 aromatic carbocycles. The molecule has 0 unspecified atom stereocenters. The number of aromatic nitrogens is 1. The molecule has 0 aliphatic carbocycles. The van der Waals surface area contributed by atoms with Crippen LogP contribution in [-0.2, 0) is 0 Å². The number of amides is 1. The van der Waals surface area contributed by atoms with Crippen molar-refractivity contribution in [2.45, 2.75) is 6.42 Å². The van der Waals surface area contributed by atoms with Crippen molar-refractivity contribution in [1.29, 1.82) is 0 Å². The molecule has 4 heteroatoms. The maximum atomic E-state index is 11.3. The van der Waals surface area contributed by atoms with Crippen LogP contribution in [0.5, 0.6) is 5.75 Å². The van der Waals surface area contributed by atoms with Gasteiger partial charge in [-0.05, 0) is 6.07 Å². The molecule has 0 bridgehead atoms. The number of hydrogen-bond acceptors (Lipinski definition) is 3. The lowest BCUT2D eigenvalue weighted by Gasteiger charge is -2.02. The quantitative estimate of drug-likeness (QED) is 0.540. The van der Waals surface area contributed by atoms with E-state index in [2.05, 4.69) is 16.2 Å². The maximum absolute atomic E-state index is 11.3. The molecule has 0 saturated heterocycles. The number of hydrogen-bond donors (Lipinski definition) is 2. The molecular weight excluding hydrogens is 180 g/mol. The number of carbonyl (C=O) groups excluding carboxylic acids is 1. The second-order valence-corrected chi connectivity index (χ2v) is 2.64. The van der Waals surface area contributed by atoms with E-state index < -0.39 is 0 Å². The lowest BCUT2D eigenvalue weighted by atomic mass is 10.2. The number of pyridine rings is 1. The lowest BCUT2D eigenvalue weighted by Crippen LogP contribution is -2.24. The van der Waals surface area contributed by atoms with Gasteiger partial charge in [-0.3, -0.25) is 9.78 Å². The van der Waals surface area contributed by atoms with Gasteiger partial charge in [0.25, 0.3) is 5.91 Å². The van der Waals surface area contributed by atoms with Crippen LogP contribution in [0.2, 0.25) is 0 Å². The van der Waals surface area contributed by atoms with E-state index in [-0.39, 0.29) is 11.7 Å². The average Bonchev–Trinajstić information content (AvgIpc) is 2.18. The van der Waals surface area contributed by atoms with E-state index in [4.69, 9.17) is 11.5 Å². The number of nitrogens with zero attached hydrogens (tertiary/aromatic N) is 1. The minimum absolute atomic E-state index is 0.0328. The molecule has 0 spiro atoms. The summed E-state index contributed by atoms with van der Waals surface area (Å²) >= 11 is 0. The molecule has 4 nitrogen and oxygen atoms in total. The molecule has 1 aromatic heterocycles. The van der Waals surface area contributed by atoms with Gasteiger partial charge in [0.2, 0.25) is 0 Å². The van der Waals surface area contributed by atoms with Crippen LogP contribution in [0.1, 0.15) is 16.8 Å². The van der Waals surface area contributed by atoms with Crippen LogP contribution < -0.4 is 5.32 Å². The summed E-state index contributed by atoms with van der Waals surface area (Å²) in [7, 11) is 0. The molecule has 0 radical (unpaired) electrons. The standard InChI is InChI=1S/C10H10N2O2/c1-2-3-4-12-10(14)8-5-9(13)7-11-6-8/h1,5-7,13H,3-4H2,(H,12,14). The van der Waals surface area contributed by atoms with Crippen molar-refractivity contribution in [2.24, 2.45) is 0 Å². The van der Waals surface area contributed by atoms with Gasteiger partial charge in [0.05, 0.1) is 11.8 Å². The molecule has 14 heavy (non-hydrogen) atoms. The third-order valence-corrected chi connectivity index (χ3v) is 1.54. The summed E-state index contributed by atoms with van der Waals surface area (Å²) in [5.74, 6) is 2.09. The average molecular weight is 190 g/mol. The van der Waals surface area contributed by atoms with Crippen molar-refractivity contribution in [3.05, 3.63) is 24.0 Å². The third-order valence-electron chi connectivity index (χ3n) is 1.54. The van der Waals surface area contributed by atoms with E-state index in [0.29, 0.717) is 18.5 Å². The monoisotopic (exact) mass is 190 g/mol. The fourth-order valence-corrected chi connectivity index (χ4v) is 0.902. The van der Waals surface area contributed by atoms with Gasteiger partial charge in [-0.2, -0.15) is 0 Å². The Kier molecular flexibility index (Phi) is 3.50. The smallest absolute Gasteiger partial charge is 0.253 e. The van der Waals surface area contributed by atoms with Crippen LogP contribution in [-0.4, -0.2) is 22.5 Å². The first kappa shape index (κ1) is 10.1. The van der Waals surface area contributed by atoms with Gasteiger partial charge in [-0.1, -0.05) is 0 Å². The Morgan fingerprint density at radius 2 is 2.43 bits per heavy atom. The number of terminal acetylenes is 1. The molecule has 72 valence electrons. The van der Waals surface area contributed by atoms with Crippen LogP contribution in [0.4, 0.5) is 0 Å². The van der Waals surface area contributed by atoms with Crippen molar-refractivity contribution in [1.82, 2.24) is 10.3 Å². The Bertz CT molecular complexity index is 369. The normalized spacial score (nSPS) is 9.07. The Morgan fingerprint density at radius 1 is 1.64 bits per heavy atom. The number of aromatic hydroxyl groups is 1. The first-order chi connectivity index (χ1) is 6.74. The summed E-state index contributed by atoms with van der Waals surface area (Å²) in [6.07, 6.45) is 8.15. The predicted octanol–water partition coefficient (Wildman–Crippen LogP) is 0.540. The summed E-state index contributed by atoms with van der Waals surface area (Å²) < 4.78 is 0. The van der Waals surface area contributed by atoms with E-state index >= 15 is 0 Å². The van der Waals surface area contributed by atoms with Crippen molar-refractivity contribution in [2.75, 3.05) is 6.54 Å². The Morgan fingerprint density at radius 3 is 3.07 bits per heavy atom. The molecule has 1 rings (SSSR count). The van der Waals surface area contributed by atoms with Crippen LogP contribution >= 0.6 is 0 Å². The van der Waals surface area contributed by atoms with E-state index in [1.165, 1.54) is 18.5 Å². The highest BCUT2D eigenvalue weighted by atomic mass is 16.3. The Balaban J connectivity index is 2.57. The molecule has 0 aliphatic rings. The predicted molar refractivity (Wildman–Crippen MR) is 51.7 cm³/mol. The minimum Gasteiger partial charge on any atom is -0.506 e. The highest BCUT2D eigenvalue weighted by Crippen LogP contribution is 2.07. The summed E-state index contributed by atoms with van der Waals surface area (Å²) in [4.78, 5) is 15.0. The highest BCUT2D eigenvalue weighted by Gasteiger charge is 2.04. The van der Waals surface area contributed by atoms with Gasteiger partial charge >= 0.3 is 0 Å². The third kappa shape index (κ3) is 2.79. The van der Waals surface area contributed by atoms with Crippen LogP contribution in [0.15, 0.2) is 18.5 Å². The van der Waals surface area contributed by atoms with Gasteiger partial charge in [-0.15, -0.1) is 12.3 Å². The fourth-order valence-electron chi connectivity index (χ4n) is 0.902. The molecule has 2 N–H and O–H groups in total. The van der Waals surface area contributed by atoms with Crippen molar-refractivity contribution >= 4 is 5.91 Å². The summed E-state index contributed by atoms with van der Waals surface area (Å²) in [6, 6.07) is 1.35. The first-order valence-corrected chi connectivity index (χ1v) is 4.09. The molecule has 0 aliphatic heterocycles. The molecular formula is C10H10N2O2. The van der Waals surface area contributed by atoms with Crippen molar-refractivity contribution in [3.8, 4) is 18.1 Å². The number of rotatable bonds is 3. The zero-order valence-electron chi connectivity index (χ0n) is 7.53. The maximum Gasteiger partial charge on any atom is 0.253 e. The van der Waals surface area contributed by atoms with E-state index in [9.17, 15) is 4.79 Å². The number of nitrogens with one attached hydrogen (secondary N) is 1. The summed E-state index contributed by atoms with van der Waals surface area (Å²) in [5.41, 5.74) is 0.321. The summed E-state index contributed by atoms with van der Waals surface area (Å²) in [6.45, 7) is 0.422. The lowest BCUT2D eigenvalue weighted by molar-refractivity contribution is 0.0954. The van der Waals surface area contributed by atoms with Gasteiger partial charge in [0, 0.05) is 19.2 Å². The van der Waals surface area contributed by atoms with Crippen LogP contribution in [0.25, 0.3) is 0 Å². The Labute approximate surface area is 82.0 Å². The summed E-state index contributed by atoms with van der Waals surface area (Å²) in [5, 5.41) is 11.7. The van der Waals surface area contributed by atoms with Crippen molar-refractivity contribution < 1.29 is 9.90 Å². The highest BCUT2D eigenvalue weighted by molar-refractivity contribution is 5.94. The fraction of sp³-hybridized carbons (Fsp3) is 0.200. The van der Waals surface area contributed by atoms with Gasteiger partial charge < -0.3 is 10.4 Å². The van der Waals surface area contributed by atoms with Gasteiger partial charge in [-0.25, -0.2) is 0 Å². The molecule has 1 amide bonds. The van der Waals surface area contributed by atoms with Gasteiger partial charge in [0.1, 0.15) is 5.75 Å². The number of carbonyl (C=O) groups is 1. The second kappa shape index (κ2) is 4.87. The van der Waals surface area contributed by atoms with E-state index in [0.717, 1.165) is 0 Å².